The minimum Gasteiger partial charge on any atom is -0.508 e. The Morgan fingerprint density at radius 2 is 1.47 bits per heavy atom. The number of thiazole rings is 1. The first kappa shape index (κ1) is 85.6. The summed E-state index contributed by atoms with van der Waals surface area (Å²) in [6.45, 7) is 12.1. The molecule has 2 unspecified atom stereocenters. The summed E-state index contributed by atoms with van der Waals surface area (Å²) in [7, 11) is 5.54. The number of hydrogen-bond acceptors (Lipinski definition) is 23. The lowest BCUT2D eigenvalue weighted by Gasteiger charge is -2.39. The van der Waals surface area contributed by atoms with Crippen molar-refractivity contribution >= 4 is 110 Å². The van der Waals surface area contributed by atoms with Crippen molar-refractivity contribution in [3.8, 4) is 5.75 Å². The highest BCUT2D eigenvalue weighted by Crippen LogP contribution is 2.35. The molecule has 0 radical (unpaired) electrons. The van der Waals surface area contributed by atoms with Gasteiger partial charge in [-0.2, -0.15) is 0 Å². The van der Waals surface area contributed by atoms with E-state index in [1.54, 1.807) is 49.4 Å². The number of nitrogens with one attached hydrogen (secondary N) is 4. The van der Waals surface area contributed by atoms with E-state index in [1.807, 2.05) is 46.6 Å². The molecule has 0 aliphatic carbocycles. The predicted molar refractivity (Wildman–Crippen MR) is 379 cm³/mol. The molecular weight excluding hydrogens is 1370 g/mol. The van der Waals surface area contributed by atoms with Crippen molar-refractivity contribution in [2.24, 2.45) is 35.5 Å². The Bertz CT molecular complexity index is 3250. The molecule has 1 aromatic heterocycles. The van der Waals surface area contributed by atoms with Crippen LogP contribution in [0.3, 0.4) is 0 Å². The Balaban J connectivity index is 1.39. The third kappa shape index (κ3) is 30.4. The minimum atomic E-state index is -1.42. The lowest BCUT2D eigenvalue weighted by molar-refractivity contribution is -0.162. The van der Waals surface area contributed by atoms with Crippen LogP contribution < -0.4 is 21.3 Å². The molecule has 0 saturated carbocycles. The van der Waals surface area contributed by atoms with Gasteiger partial charge in [0.15, 0.2) is 30.2 Å². The minimum absolute atomic E-state index is 0.00727. The van der Waals surface area contributed by atoms with Crippen LogP contribution in [0.1, 0.15) is 171 Å². The number of likely N-dealkylation sites (tertiary alicyclic amines) is 1. The molecule has 2 aromatic carbocycles. The number of phenols is 1. The fraction of sp³-hybridized carbons (Fsp3) is 0.606. The number of benzene rings is 2. The monoisotopic (exact) mass is 1470 g/mol. The van der Waals surface area contributed by atoms with Gasteiger partial charge in [0.25, 0.3) is 5.91 Å². The zero-order valence-electron chi connectivity index (χ0n) is 59.1. The van der Waals surface area contributed by atoms with Gasteiger partial charge < -0.3 is 60.8 Å². The van der Waals surface area contributed by atoms with Gasteiger partial charge in [-0.3, -0.25) is 62.4 Å². The Morgan fingerprint density at radius 1 is 0.772 bits per heavy atom. The van der Waals surface area contributed by atoms with E-state index in [0.29, 0.717) is 30.4 Å². The molecule has 8 N–H and O–H groups in total. The van der Waals surface area contributed by atoms with Crippen molar-refractivity contribution < 1.29 is 97.0 Å². The number of esters is 2. The third-order valence-electron chi connectivity index (χ3n) is 17.8. The molecule has 11 atom stereocenters. The zero-order chi connectivity index (χ0) is 74.9. The molecule has 1 fully saturated rings. The molecule has 0 bridgehead atoms. The fourth-order valence-electron chi connectivity index (χ4n) is 11.7. The van der Waals surface area contributed by atoms with Gasteiger partial charge in [0, 0.05) is 86.3 Å². The summed E-state index contributed by atoms with van der Waals surface area (Å²) < 4.78 is 16.9. The van der Waals surface area contributed by atoms with E-state index in [9.17, 15) is 78.0 Å². The highest BCUT2D eigenvalue weighted by atomic mass is 33.1. The maximum Gasteiger partial charge on any atom is 0.407 e. The van der Waals surface area contributed by atoms with Crippen LogP contribution in [0.15, 0.2) is 60.0 Å². The van der Waals surface area contributed by atoms with E-state index in [4.69, 9.17) is 14.2 Å². The molecule has 1 aliphatic heterocycles. The summed E-state index contributed by atoms with van der Waals surface area (Å²) >= 11 is 1.05. The van der Waals surface area contributed by atoms with E-state index in [0.717, 1.165) is 52.3 Å². The number of phenolic OH excluding ortho intramolecular Hbond substituents is 1. The maximum atomic E-state index is 15.1. The van der Waals surface area contributed by atoms with E-state index in [-0.39, 0.29) is 115 Å². The molecule has 2 heterocycles. The molecular formula is C71H101N7O20S3. The van der Waals surface area contributed by atoms with Gasteiger partial charge in [-0.1, -0.05) is 118 Å². The summed E-state index contributed by atoms with van der Waals surface area (Å²) in [6.07, 6.45) is -0.311. The number of Topliss-reactive ketones (excluding diaryl/α,β-unsaturated/α-hetero) is 4. The molecule has 558 valence electrons. The number of alkyl carbamates (subject to hydrolysis) is 1. The Morgan fingerprint density at radius 3 is 2.08 bits per heavy atom. The summed E-state index contributed by atoms with van der Waals surface area (Å²) in [4.78, 5) is 180. The van der Waals surface area contributed by atoms with Gasteiger partial charge in [0.2, 0.25) is 11.8 Å². The van der Waals surface area contributed by atoms with Crippen molar-refractivity contribution in [3.05, 3.63) is 81.8 Å². The number of likely N-dealkylation sites (N-methyl/N-ethyl adjacent to an activating group) is 2. The van der Waals surface area contributed by atoms with Crippen molar-refractivity contribution in [2.45, 2.75) is 188 Å². The number of rotatable bonds is 48. The van der Waals surface area contributed by atoms with Crippen LogP contribution in [-0.4, -0.2) is 194 Å². The number of carboxylic acid groups (broad SMARTS) is 3. The van der Waals surface area contributed by atoms with Crippen LogP contribution >= 0.6 is 32.9 Å². The molecule has 3 aromatic rings. The number of carboxylic acids is 3. The number of aromatic hydroxyl groups is 1. The van der Waals surface area contributed by atoms with E-state index >= 15 is 4.79 Å². The first-order valence-corrected chi connectivity index (χ1v) is 37.6. The number of carbonyl (C=O) groups excluding carboxylic acids is 10. The van der Waals surface area contributed by atoms with Crippen LogP contribution in [0, 0.1) is 35.5 Å². The quantitative estimate of drug-likeness (QED) is 0.00871. The molecule has 1 saturated heterocycles. The van der Waals surface area contributed by atoms with Crippen LogP contribution in [0.2, 0.25) is 0 Å². The first-order valence-electron chi connectivity index (χ1n) is 34.3. The standard InChI is InChI=1S/C71H101N7O20S3/c1-10-17-64(87)97-41-78(68(90)53(43(5)11-2)36-60(83)57-20-15-16-27-77(57)9)58(42(3)4)37-62(98-45(7)79)67-76-56(40-99-67)66(89)74-50(31-47-21-23-51(80)24-22-47)30-44(6)61(84)38-73-71(95)96-28-29-100-101-39-49(69(91)92)34-59(82)55(32-46-18-13-12-14-19-46)75-65(88)48(35-63(85)86)33-52(81)25-26-54(72-8)70(93)94/h12-14,18-19,21-24,40,42-44,48-50,53-55,57-58,62,72,80H,10-11,15-17,20,25-39,41H2,1-9H3,(H,73,95)(H,74,89)(H,75,88)(H,85,86)(H,91,92)(H,93,94)/t43?,44-,48-,49-,50+,53-,54?,55-,57+,58+,62-/m0/s1. The smallest absolute Gasteiger partial charge is 0.407 e. The second-order valence-electron chi connectivity index (χ2n) is 26.0. The number of nitrogens with zero attached hydrogens (tertiary/aromatic N) is 3. The van der Waals surface area contributed by atoms with Crippen LogP contribution in [-0.2, 0) is 79.8 Å². The van der Waals surface area contributed by atoms with E-state index < -0.39 is 152 Å². The highest BCUT2D eigenvalue weighted by molar-refractivity contribution is 8.76. The van der Waals surface area contributed by atoms with Gasteiger partial charge in [-0.15, -0.1) is 11.3 Å². The van der Waals surface area contributed by atoms with E-state index in [2.05, 4.69) is 26.3 Å². The van der Waals surface area contributed by atoms with Crippen LogP contribution in [0.4, 0.5) is 4.79 Å². The first-order chi connectivity index (χ1) is 47.9. The molecule has 101 heavy (non-hydrogen) atoms. The van der Waals surface area contributed by atoms with Crippen LogP contribution in [0.5, 0.6) is 5.75 Å². The molecule has 4 amide bonds. The molecule has 30 heteroatoms. The third-order valence-corrected chi connectivity index (χ3v) is 21.2. The lowest BCUT2D eigenvalue weighted by Crippen LogP contribution is -2.50. The number of hydrogen-bond donors (Lipinski definition) is 8. The summed E-state index contributed by atoms with van der Waals surface area (Å²) in [5.41, 5.74) is 1.26. The van der Waals surface area contributed by atoms with Crippen molar-refractivity contribution in [3.63, 3.8) is 0 Å². The number of piperidine rings is 1. The number of amides is 4. The lowest BCUT2D eigenvalue weighted by atomic mass is 9.82. The largest absolute Gasteiger partial charge is 0.508 e. The van der Waals surface area contributed by atoms with Crippen molar-refractivity contribution in [1.29, 1.82) is 0 Å². The maximum absolute atomic E-state index is 15.1. The Kier molecular flexibility index (Phi) is 37.8. The number of aliphatic carboxylic acids is 3. The second-order valence-corrected chi connectivity index (χ2v) is 29.5. The molecule has 4 rings (SSSR count). The SMILES string of the molecule is CCCC(=O)OCN(C(=O)[C@@H](CC(=O)[C@H]1CCCCN1C)C(C)CC)[C@H](C[C@H](OC(C)=O)c1nc(C(=O)N[C@@H](Cc2ccc(O)cc2)C[C@H](C)C(=O)CNC(=O)OCCSSC[C@H](CC(=O)[C@H](Cc2ccccc2)NC(=O)[C@H](CC(=O)O)CC(=O)CCC(NC)C(=O)O)C(=O)O)cs1)C(C)C. The normalized spacial score (nSPS) is 16.1. The predicted octanol–water partition coefficient (Wildman–Crippen LogP) is 8.04. The number of aromatic nitrogens is 1. The topological polar surface area (TPSA) is 398 Å². The van der Waals surface area contributed by atoms with Crippen LogP contribution in [0.25, 0.3) is 0 Å². The van der Waals surface area contributed by atoms with E-state index in [1.165, 1.54) is 36.4 Å². The summed E-state index contributed by atoms with van der Waals surface area (Å²) in [5.74, 6) is -13.3. The van der Waals surface area contributed by atoms with Gasteiger partial charge >= 0.3 is 35.9 Å². The van der Waals surface area contributed by atoms with Crippen molar-refractivity contribution in [1.82, 2.24) is 36.1 Å². The Hall–Kier alpha value is -7.80. The zero-order valence-corrected chi connectivity index (χ0v) is 61.6. The van der Waals surface area contributed by atoms with Gasteiger partial charge in [-0.05, 0) is 101 Å². The summed E-state index contributed by atoms with van der Waals surface area (Å²) in [5, 5.41) is 51.4. The molecule has 0 spiro atoms. The summed E-state index contributed by atoms with van der Waals surface area (Å²) in [6, 6.07) is 10.6. The average Bonchev–Trinajstić information content (AvgIpc) is 1.72. The fourth-order valence-corrected chi connectivity index (χ4v) is 14.7. The second kappa shape index (κ2) is 44.6. The number of ether oxygens (including phenoxy) is 3. The average molecular weight is 1470 g/mol. The Labute approximate surface area is 602 Å². The highest BCUT2D eigenvalue weighted by Gasteiger charge is 2.40. The van der Waals surface area contributed by atoms with Crippen molar-refractivity contribution in [2.75, 3.05) is 52.0 Å². The molecule has 27 nitrogen and oxygen atoms in total. The number of ketones is 4. The van der Waals surface area contributed by atoms with Gasteiger partial charge in [0.1, 0.15) is 34.9 Å². The number of carbonyl (C=O) groups is 13. The van der Waals surface area contributed by atoms with Gasteiger partial charge in [-0.25, -0.2) is 9.78 Å². The molecule has 1 aliphatic rings. The van der Waals surface area contributed by atoms with Gasteiger partial charge in [0.05, 0.1) is 36.9 Å².